The maximum absolute atomic E-state index is 2.35. The lowest BCUT2D eigenvalue weighted by atomic mass is 9.83. The largest absolute Gasteiger partial charge is 0.0836 e. The quantitative estimate of drug-likeness (QED) is 0.502. The Morgan fingerprint density at radius 3 is 1.27 bits per heavy atom. The minimum atomic E-state index is 0.361. The Kier molecular flexibility index (Phi) is 4.83. The molecule has 0 aromatic carbocycles. The predicted octanol–water partition coefficient (Wildman–Crippen LogP) is 5.36. The van der Waals surface area contributed by atoms with Crippen LogP contribution in [0.2, 0.25) is 0 Å². The fourth-order valence-corrected chi connectivity index (χ4v) is 3.12. The molecule has 0 heterocycles. The topological polar surface area (TPSA) is 0 Å². The van der Waals surface area contributed by atoms with E-state index in [1.54, 1.807) is 11.1 Å². The summed E-state index contributed by atoms with van der Waals surface area (Å²) < 4.78 is 0. The zero-order valence-electron chi connectivity index (χ0n) is 11.9. The molecule has 88 valence electrons. The molecule has 0 spiro atoms. The summed E-state index contributed by atoms with van der Waals surface area (Å²) >= 11 is 0. The van der Waals surface area contributed by atoms with Crippen molar-refractivity contribution in [1.82, 2.24) is 0 Å². The van der Waals surface area contributed by atoms with Gasteiger partial charge < -0.3 is 0 Å². The molecule has 0 radical (unpaired) electrons. The average Bonchev–Trinajstić information content (AvgIpc) is 2.32. The lowest BCUT2D eigenvalue weighted by molar-refractivity contribution is 0.338. The van der Waals surface area contributed by atoms with Crippen LogP contribution in [-0.2, 0) is 0 Å². The van der Waals surface area contributed by atoms with Crippen LogP contribution in [0.5, 0.6) is 0 Å². The third-order valence-electron chi connectivity index (χ3n) is 3.21. The van der Waals surface area contributed by atoms with Crippen LogP contribution >= 0.6 is 0 Å². The maximum atomic E-state index is 2.35. The van der Waals surface area contributed by atoms with Gasteiger partial charge in [0.05, 0.1) is 0 Å². The highest BCUT2D eigenvalue weighted by molar-refractivity contribution is 5.44. The van der Waals surface area contributed by atoms with Gasteiger partial charge in [-0.2, -0.15) is 0 Å². The number of rotatable bonds is 0. The Morgan fingerprint density at radius 1 is 0.800 bits per heavy atom. The summed E-state index contributed by atoms with van der Waals surface area (Å²) in [7, 11) is 0. The molecule has 0 heteroatoms. The van der Waals surface area contributed by atoms with E-state index in [1.165, 1.54) is 6.42 Å². The minimum absolute atomic E-state index is 0.361. The van der Waals surface area contributed by atoms with E-state index >= 15 is 0 Å². The van der Waals surface area contributed by atoms with Crippen molar-refractivity contribution in [3.05, 3.63) is 23.3 Å². The van der Waals surface area contributed by atoms with Crippen molar-refractivity contribution in [3.63, 3.8) is 0 Å². The van der Waals surface area contributed by atoms with Gasteiger partial charge in [-0.15, -0.1) is 0 Å². The van der Waals surface area contributed by atoms with E-state index in [0.717, 1.165) is 0 Å². The third-order valence-corrected chi connectivity index (χ3v) is 3.21. The van der Waals surface area contributed by atoms with Crippen molar-refractivity contribution in [1.29, 1.82) is 0 Å². The lowest BCUT2D eigenvalue weighted by Crippen LogP contribution is -2.11. The van der Waals surface area contributed by atoms with Gasteiger partial charge in [0.15, 0.2) is 0 Å². The van der Waals surface area contributed by atoms with Gasteiger partial charge in [-0.05, 0) is 42.2 Å². The second kappa shape index (κ2) is 5.01. The van der Waals surface area contributed by atoms with Gasteiger partial charge in [0.25, 0.3) is 0 Å². The minimum Gasteiger partial charge on any atom is -0.0836 e. The van der Waals surface area contributed by atoms with Gasteiger partial charge in [-0.3, -0.25) is 0 Å². The molecule has 0 aromatic heterocycles. The van der Waals surface area contributed by atoms with Crippen molar-refractivity contribution in [2.75, 3.05) is 0 Å². The van der Waals surface area contributed by atoms with Crippen LogP contribution in [0.25, 0.3) is 0 Å². The molecule has 1 rings (SSSR count). The molecule has 0 unspecified atom stereocenters. The average molecular weight is 208 g/mol. The molecular formula is C15H28. The van der Waals surface area contributed by atoms with E-state index in [-0.39, 0.29) is 0 Å². The maximum Gasteiger partial charge on any atom is -0.00957 e. The van der Waals surface area contributed by atoms with Crippen LogP contribution < -0.4 is 0 Å². The summed E-state index contributed by atoms with van der Waals surface area (Å²) in [5, 5.41) is 0. The summed E-state index contributed by atoms with van der Waals surface area (Å²) in [6.07, 6.45) is 5.83. The van der Waals surface area contributed by atoms with E-state index in [0.29, 0.717) is 10.8 Å². The number of hydrogen-bond acceptors (Lipinski definition) is 0. The monoisotopic (exact) mass is 208 g/mol. The zero-order valence-corrected chi connectivity index (χ0v) is 11.9. The Labute approximate surface area is 96.5 Å². The molecule has 0 amide bonds. The van der Waals surface area contributed by atoms with E-state index in [1.807, 2.05) is 13.8 Å². The highest BCUT2D eigenvalue weighted by Gasteiger charge is 2.43. The van der Waals surface area contributed by atoms with Crippen LogP contribution in [-0.4, -0.2) is 0 Å². The molecule has 1 aliphatic rings. The SMILES string of the molecule is C/C=C1\C(=C/C)C(C)(C)CC1(C)C.CC. The van der Waals surface area contributed by atoms with Crippen LogP contribution in [0.3, 0.4) is 0 Å². The Hall–Kier alpha value is -0.520. The highest BCUT2D eigenvalue weighted by Crippen LogP contribution is 2.55. The smallest absolute Gasteiger partial charge is 0.00957 e. The van der Waals surface area contributed by atoms with E-state index in [4.69, 9.17) is 0 Å². The molecule has 0 N–H and O–H groups in total. The van der Waals surface area contributed by atoms with Crippen molar-refractivity contribution >= 4 is 0 Å². The molecule has 15 heavy (non-hydrogen) atoms. The van der Waals surface area contributed by atoms with Crippen LogP contribution in [0.4, 0.5) is 0 Å². The van der Waals surface area contributed by atoms with E-state index < -0.39 is 0 Å². The number of allylic oxidation sites excluding steroid dienone is 4. The standard InChI is InChI=1S/C13H22.C2H6/c1-7-10-11(8-2)13(5,6)9-12(10,3)4;1-2/h7-8H,9H2,1-6H3;1-2H3/b10-7+,11-8+;. The molecule has 0 nitrogen and oxygen atoms in total. The summed E-state index contributed by atoms with van der Waals surface area (Å²) in [5.74, 6) is 0. The van der Waals surface area contributed by atoms with Crippen LogP contribution in [0.1, 0.15) is 61.8 Å². The van der Waals surface area contributed by atoms with Gasteiger partial charge in [-0.1, -0.05) is 53.7 Å². The van der Waals surface area contributed by atoms with Crippen molar-refractivity contribution in [3.8, 4) is 0 Å². The lowest BCUT2D eigenvalue weighted by Gasteiger charge is -2.21. The first-order chi connectivity index (χ1) is 6.85. The fourth-order valence-electron chi connectivity index (χ4n) is 3.12. The first-order valence-corrected chi connectivity index (χ1v) is 6.19. The normalized spacial score (nSPS) is 27.7. The molecule has 0 bridgehead atoms. The summed E-state index contributed by atoms with van der Waals surface area (Å²) in [5.41, 5.74) is 3.81. The van der Waals surface area contributed by atoms with Gasteiger partial charge in [0, 0.05) is 0 Å². The molecule has 0 aliphatic heterocycles. The second-order valence-corrected chi connectivity index (χ2v) is 5.35. The Balaban J connectivity index is 0.000000921. The van der Waals surface area contributed by atoms with E-state index in [2.05, 4.69) is 53.7 Å². The predicted molar refractivity (Wildman–Crippen MR) is 71.0 cm³/mol. The first kappa shape index (κ1) is 14.5. The van der Waals surface area contributed by atoms with Crippen molar-refractivity contribution < 1.29 is 0 Å². The van der Waals surface area contributed by atoms with Crippen molar-refractivity contribution in [2.24, 2.45) is 10.8 Å². The molecule has 0 saturated heterocycles. The molecular weight excluding hydrogens is 180 g/mol. The van der Waals surface area contributed by atoms with Crippen LogP contribution in [0.15, 0.2) is 23.3 Å². The molecule has 0 atom stereocenters. The molecule has 1 saturated carbocycles. The summed E-state index contributed by atoms with van der Waals surface area (Å²) in [6.45, 7) is 17.7. The highest BCUT2D eigenvalue weighted by atomic mass is 14.5. The van der Waals surface area contributed by atoms with E-state index in [9.17, 15) is 0 Å². The number of hydrogen-bond donors (Lipinski definition) is 0. The second-order valence-electron chi connectivity index (χ2n) is 5.35. The summed E-state index contributed by atoms with van der Waals surface area (Å²) in [6, 6.07) is 0. The van der Waals surface area contributed by atoms with Crippen LogP contribution in [0, 0.1) is 10.8 Å². The Morgan fingerprint density at radius 2 is 1.07 bits per heavy atom. The van der Waals surface area contributed by atoms with Crippen molar-refractivity contribution in [2.45, 2.75) is 61.8 Å². The van der Waals surface area contributed by atoms with Gasteiger partial charge >= 0.3 is 0 Å². The molecule has 1 fully saturated rings. The fraction of sp³-hybridized carbons (Fsp3) is 0.733. The van der Waals surface area contributed by atoms with Gasteiger partial charge in [0.2, 0.25) is 0 Å². The summed E-state index contributed by atoms with van der Waals surface area (Å²) in [4.78, 5) is 0. The first-order valence-electron chi connectivity index (χ1n) is 6.19. The van der Waals surface area contributed by atoms with Gasteiger partial charge in [-0.25, -0.2) is 0 Å². The Bertz CT molecular complexity index is 234. The third kappa shape index (κ3) is 2.74. The molecule has 1 aliphatic carbocycles. The molecule has 0 aromatic rings. The zero-order chi connectivity index (χ0) is 12.3. The van der Waals surface area contributed by atoms with Gasteiger partial charge in [0.1, 0.15) is 0 Å².